The molecular formula is C102H98N14O17S5. The number of amides is 7. The molecule has 9 aromatic carbocycles. The smallest absolute Gasteiger partial charge is 0.412 e. The second-order valence-electron chi connectivity index (χ2n) is 33.9. The van der Waals surface area contributed by atoms with Gasteiger partial charge in [0.1, 0.15) is 57.4 Å². The van der Waals surface area contributed by atoms with E-state index in [4.69, 9.17) is 33.2 Å². The highest BCUT2D eigenvalue weighted by atomic mass is 32.1. The largest absolute Gasteiger partial charge is 0.494 e. The van der Waals surface area contributed by atoms with Crippen LogP contribution < -0.4 is 65.0 Å². The van der Waals surface area contributed by atoms with E-state index in [1.807, 2.05) is 178 Å². The number of nitrogens with zero attached hydrogens (tertiary/aromatic N) is 9. The van der Waals surface area contributed by atoms with Gasteiger partial charge in [0.05, 0.1) is 80.6 Å². The monoisotopic (exact) mass is 1950 g/mol. The summed E-state index contributed by atoms with van der Waals surface area (Å²) in [6.45, 7) is 18.8. The van der Waals surface area contributed by atoms with Crippen LogP contribution in [-0.2, 0) is 41.7 Å². The number of benzene rings is 9. The number of anilines is 7. The fraction of sp³-hybridized carbons (Fsp3) is 0.245. The summed E-state index contributed by atoms with van der Waals surface area (Å²) in [5, 5.41) is 47.0. The Kier molecular flexibility index (Phi) is 30.4. The van der Waals surface area contributed by atoms with Gasteiger partial charge < -0.3 is 53.8 Å². The van der Waals surface area contributed by atoms with Gasteiger partial charge in [-0.2, -0.15) is 0 Å². The molecule has 0 atom stereocenters. The maximum Gasteiger partial charge on any atom is 0.412 e. The second-order valence-corrected chi connectivity index (χ2v) is 39.1. The van der Waals surface area contributed by atoms with Crippen LogP contribution >= 0.6 is 56.7 Å². The van der Waals surface area contributed by atoms with Crippen molar-refractivity contribution in [3.63, 3.8) is 0 Å². The average molecular weight is 1950 g/mol. The summed E-state index contributed by atoms with van der Waals surface area (Å²) in [4.78, 5) is 122. The lowest BCUT2D eigenvalue weighted by atomic mass is 10.00. The Morgan fingerprint density at radius 1 is 0.428 bits per heavy atom. The van der Waals surface area contributed by atoms with Crippen LogP contribution in [0.5, 0.6) is 28.7 Å². The number of pyridine rings is 1. The van der Waals surface area contributed by atoms with E-state index in [-0.39, 0.29) is 46.5 Å². The number of para-hydroxylation sites is 3. The Morgan fingerprint density at radius 3 is 1.43 bits per heavy atom. The van der Waals surface area contributed by atoms with Gasteiger partial charge in [0.2, 0.25) is 0 Å². The topological polar surface area (TPSA) is 392 Å². The van der Waals surface area contributed by atoms with E-state index in [0.29, 0.717) is 177 Å². The molecule has 0 aliphatic carbocycles. The molecule has 3 aliphatic rings. The Labute approximate surface area is 814 Å². The van der Waals surface area contributed by atoms with E-state index >= 15 is 0 Å². The number of nitrogens with one attached hydrogen (secondary N) is 5. The quantitative estimate of drug-likeness (QED) is 0.0159. The summed E-state index contributed by atoms with van der Waals surface area (Å²) >= 11 is 6.89. The highest BCUT2D eigenvalue weighted by Crippen LogP contribution is 2.43. The molecule has 0 spiro atoms. The molecule has 6 aromatic heterocycles. The van der Waals surface area contributed by atoms with Gasteiger partial charge in [-0.15, -0.1) is 22.7 Å². The van der Waals surface area contributed by atoms with Crippen molar-refractivity contribution in [3.05, 3.63) is 274 Å². The maximum atomic E-state index is 13.4. The first-order valence-corrected chi connectivity index (χ1v) is 48.6. The third-order valence-electron chi connectivity index (χ3n) is 21.4. The zero-order valence-corrected chi connectivity index (χ0v) is 80.2. The molecule has 3 aliphatic heterocycles. The third-order valence-corrected chi connectivity index (χ3v) is 26.6. The van der Waals surface area contributed by atoms with Gasteiger partial charge in [-0.25, -0.2) is 63.5 Å². The number of thiazole rings is 5. The molecule has 708 valence electrons. The number of hydrogen-bond acceptors (Lipinski definition) is 26. The van der Waals surface area contributed by atoms with Crippen LogP contribution in [0.3, 0.4) is 0 Å². The number of aromatic nitrogens is 6. The van der Waals surface area contributed by atoms with E-state index in [0.717, 1.165) is 84.5 Å². The van der Waals surface area contributed by atoms with Crippen LogP contribution in [0, 0.1) is 0 Å². The van der Waals surface area contributed by atoms with Crippen molar-refractivity contribution in [2.45, 2.75) is 111 Å². The van der Waals surface area contributed by atoms with Crippen molar-refractivity contribution in [2.24, 2.45) is 0 Å². The summed E-state index contributed by atoms with van der Waals surface area (Å²) in [7, 11) is 0. The molecule has 36 heteroatoms. The summed E-state index contributed by atoms with van der Waals surface area (Å²) in [5.74, 6) is -0.215. The minimum atomic E-state index is -1.18. The van der Waals surface area contributed by atoms with E-state index in [2.05, 4.69) is 63.1 Å². The minimum Gasteiger partial charge on any atom is -0.494 e. The maximum absolute atomic E-state index is 13.4. The van der Waals surface area contributed by atoms with Gasteiger partial charge >= 0.3 is 42.1 Å². The molecule has 31 nitrogen and oxygen atoms in total. The number of carbonyl (C=O) groups excluding carboxylic acids is 4. The van der Waals surface area contributed by atoms with E-state index in [9.17, 15) is 48.9 Å². The molecule has 7 amide bonds. The first-order chi connectivity index (χ1) is 66.6. The number of carboxylic acid groups (broad SMARTS) is 3. The molecule has 15 aromatic rings. The van der Waals surface area contributed by atoms with E-state index in [1.54, 1.807) is 96.1 Å². The number of fused-ring (bicyclic) bond motifs is 6. The van der Waals surface area contributed by atoms with Gasteiger partial charge in [-0.1, -0.05) is 131 Å². The van der Waals surface area contributed by atoms with Crippen LogP contribution in [0.4, 0.5) is 57.3 Å². The molecule has 0 fully saturated rings. The van der Waals surface area contributed by atoms with Crippen LogP contribution in [0.2, 0.25) is 0 Å². The summed E-state index contributed by atoms with van der Waals surface area (Å²) < 4.78 is 43.2. The molecule has 138 heavy (non-hydrogen) atoms. The Morgan fingerprint density at radius 2 is 0.906 bits per heavy atom. The highest BCUT2D eigenvalue weighted by molar-refractivity contribution is 7.23. The number of aromatic carboxylic acids is 3. The van der Waals surface area contributed by atoms with Gasteiger partial charge in [0.25, 0.3) is 0 Å². The normalized spacial score (nSPS) is 12.6. The van der Waals surface area contributed by atoms with Crippen molar-refractivity contribution >= 4 is 168 Å². The molecule has 0 radical (unpaired) electrons. The molecule has 8 N–H and O–H groups in total. The lowest BCUT2D eigenvalue weighted by molar-refractivity contribution is 0.0410. The minimum absolute atomic E-state index is 0.0155. The number of rotatable bonds is 29. The average Bonchev–Trinajstić information content (AvgIpc) is 1.66. The van der Waals surface area contributed by atoms with Crippen LogP contribution in [-0.4, -0.2) is 151 Å². The fourth-order valence-electron chi connectivity index (χ4n) is 15.2. The lowest BCUT2D eigenvalue weighted by Gasteiger charge is -2.29. The number of hydrogen-bond donors (Lipinski definition) is 8. The van der Waals surface area contributed by atoms with Crippen molar-refractivity contribution in [3.8, 4) is 61.1 Å². The lowest BCUT2D eigenvalue weighted by Crippen LogP contribution is -2.40. The SMILES string of the molecule is C=C(NCc1ccc(OCCCc2sc(-c3ccc4c(c3)N(C(=O)Nc3nc5ccccc5s3)CCO4)nc2C(=O)O)cc1)OC(C)(C)C.CC(C)(C)OC(=O)Nc1cccc(OCCCc2sc(-c3ccc4c(c3)N(C(=O)Nc3nc5ccccc5s3)CCC4)nc2C(=O)O)c1.O=C(O)c1nc(-c2ccc3c(c2)N(C(=O)Nc2nc4ccccc4s2)CCO3)ccc1OCCCc1ccccc1. The number of urea groups is 3. The molecule has 0 saturated heterocycles. The molecule has 0 saturated carbocycles. The van der Waals surface area contributed by atoms with Crippen molar-refractivity contribution in [1.82, 2.24) is 35.2 Å². The Bertz CT molecular complexity index is 6890. The van der Waals surface area contributed by atoms with E-state index < -0.39 is 29.6 Å². The Hall–Kier alpha value is -15.1. The first-order valence-electron chi connectivity index (χ1n) is 44.5. The predicted molar refractivity (Wildman–Crippen MR) is 540 cm³/mol. The van der Waals surface area contributed by atoms with Crippen LogP contribution in [0.1, 0.15) is 125 Å². The second kappa shape index (κ2) is 43.7. The van der Waals surface area contributed by atoms with E-state index in [1.165, 1.54) is 62.2 Å². The number of ether oxygens (including phenoxy) is 7. The summed E-state index contributed by atoms with van der Waals surface area (Å²) in [6.07, 6.45) is 4.78. The molecule has 0 bridgehead atoms. The number of carbonyl (C=O) groups is 7. The molecule has 0 unspecified atom stereocenters. The molecule has 18 rings (SSSR count). The Balaban J connectivity index is 0.000000150. The van der Waals surface area contributed by atoms with Crippen molar-refractivity contribution in [2.75, 3.05) is 88.6 Å². The van der Waals surface area contributed by atoms with Crippen molar-refractivity contribution < 1.29 is 82.0 Å². The van der Waals surface area contributed by atoms with Gasteiger partial charge in [-0.3, -0.25) is 36.0 Å². The number of carboxylic acids is 3. The third kappa shape index (κ3) is 25.0. The van der Waals surface area contributed by atoms with Gasteiger partial charge in [0, 0.05) is 57.0 Å². The number of aryl methyl sites for hydroxylation is 4. The molecule has 9 heterocycles. The van der Waals surface area contributed by atoms with Crippen LogP contribution in [0.25, 0.3) is 63.0 Å². The zero-order chi connectivity index (χ0) is 96.6. The van der Waals surface area contributed by atoms with Crippen LogP contribution in [0.15, 0.2) is 231 Å². The summed E-state index contributed by atoms with van der Waals surface area (Å²) in [6, 6.07) is 67.0. The molecular weight excluding hydrogens is 1850 g/mol. The van der Waals surface area contributed by atoms with Gasteiger partial charge in [0.15, 0.2) is 44.1 Å². The first kappa shape index (κ1) is 96.0. The predicted octanol–water partition coefficient (Wildman–Crippen LogP) is 22.9. The standard InChI is InChI=1S/C36H37N5O6S2.C35H35N5O6S2.C31H26N4O5S/c1-22(47-36(2,3)4)37-21-23-11-14-25(15-12-23)45-18-7-10-30-31(33(42)43)39-32(48-30)24-13-16-28-27(20-24)41(17-19-46-28)35(44)40-34-38-26-8-5-6-9-29(26)49-34;1-35(2,3)46-34(44)36-23-10-6-11-24(20-23)45-18-8-14-28-29(31(41)42)38-30(47-28)22-16-15-21-9-7-17-40(26(21)19-22)33(43)39-32-37-25-12-4-5-13-27(25)48-32;36-29(37)28-26(39-17-6-9-20-7-2-1-3-8-20)15-13-22(32-28)21-12-14-25-24(19-21)35(16-18-40-25)31(38)34-30-33-23-10-4-5-11-27(23)41-30/h5-6,8-9,11-16,20,37H,1,7,10,17-19,21H2,2-4H3,(H,42,43)(H,38,40,44);4-6,10-13,15-16,19-20H,7-9,14,17-18H2,1-3H3,(H,36,44)(H,41,42)(H,37,39,43);1-5,7-8,10-15,19H,6,9,16-18H2,(H,36,37)(H,33,34,38). The zero-order valence-electron chi connectivity index (χ0n) is 76.1. The van der Waals surface area contributed by atoms with Crippen molar-refractivity contribution in [1.29, 1.82) is 0 Å². The van der Waals surface area contributed by atoms with Gasteiger partial charge in [-0.05, 0) is 231 Å². The summed E-state index contributed by atoms with van der Waals surface area (Å²) in [5.41, 5.74) is 9.71. The fourth-order valence-corrected chi connectivity index (χ4v) is 19.9. The highest BCUT2D eigenvalue weighted by Gasteiger charge is 2.32.